The summed E-state index contributed by atoms with van der Waals surface area (Å²) in [4.78, 5) is 13.7. The second-order valence-corrected chi connectivity index (χ2v) is 12.4. The van der Waals surface area contributed by atoms with Crippen LogP contribution in [0.15, 0.2) is 57.6 Å². The number of benzene rings is 2. The number of nitro groups is 1. The summed E-state index contributed by atoms with van der Waals surface area (Å²) in [5.74, 6) is 0. The molecule has 0 amide bonds. The molecule has 0 saturated carbocycles. The molecule has 2 N–H and O–H groups in total. The number of thiazole rings is 1. The van der Waals surface area contributed by atoms with E-state index in [4.69, 9.17) is 16.2 Å². The smallest absolute Gasteiger partial charge is 0.263 e. The third-order valence-electron chi connectivity index (χ3n) is 4.25. The van der Waals surface area contributed by atoms with Crippen molar-refractivity contribution in [3.63, 3.8) is 0 Å². The molecule has 0 aliphatic carbocycles. The summed E-state index contributed by atoms with van der Waals surface area (Å²) in [7, 11) is -14.4. The molecule has 2 aromatic carbocycles. The van der Waals surface area contributed by atoms with Gasteiger partial charge in [0, 0.05) is 22.5 Å². The molecule has 3 aromatic rings. The van der Waals surface area contributed by atoms with Gasteiger partial charge in [0.15, 0.2) is 5.13 Å². The van der Waals surface area contributed by atoms with E-state index in [0.29, 0.717) is 10.7 Å². The maximum Gasteiger partial charge on any atom is 0.412 e. The SMILES string of the molecule is O=[N+]([O-])c1ccc(S(=O)(=O)OS(=O)(=O)O)c(CCc2csc(NS(=O)(=O)c3ccc(Cl)cc3)n2)c1. The van der Waals surface area contributed by atoms with Crippen molar-refractivity contribution in [1.82, 2.24) is 4.98 Å². The van der Waals surface area contributed by atoms with Crippen molar-refractivity contribution in [2.75, 3.05) is 4.72 Å². The molecule has 18 heteroatoms. The number of nitrogens with zero attached hydrogens (tertiary/aromatic N) is 2. The molecule has 0 radical (unpaired) electrons. The molecule has 0 aliphatic rings. The summed E-state index contributed by atoms with van der Waals surface area (Å²) in [6.45, 7) is 0. The highest BCUT2D eigenvalue weighted by Crippen LogP contribution is 2.27. The van der Waals surface area contributed by atoms with Crippen molar-refractivity contribution in [3.8, 4) is 0 Å². The van der Waals surface area contributed by atoms with Crippen LogP contribution in [-0.2, 0) is 47.0 Å². The maximum absolute atomic E-state index is 12.5. The molecule has 0 aliphatic heterocycles. The number of non-ortho nitro benzene ring substituents is 1. The number of nitrogens with one attached hydrogen (secondary N) is 1. The van der Waals surface area contributed by atoms with Crippen LogP contribution in [0.25, 0.3) is 0 Å². The molecule has 1 aromatic heterocycles. The van der Waals surface area contributed by atoms with E-state index in [1.54, 1.807) is 0 Å². The lowest BCUT2D eigenvalue weighted by Crippen LogP contribution is -2.15. The third kappa shape index (κ3) is 7.17. The fourth-order valence-electron chi connectivity index (χ4n) is 2.79. The summed E-state index contributed by atoms with van der Waals surface area (Å²) >= 11 is 6.70. The van der Waals surface area contributed by atoms with Crippen molar-refractivity contribution >= 4 is 64.3 Å². The standard InChI is InChI=1S/C17H14ClN3O10S4/c18-12-2-6-15(7-3-12)33(24,25)20-17-19-13(10-32-17)4-1-11-9-14(21(22)23)5-8-16(11)34(26,27)31-35(28,29)30/h2-3,5-10H,1,4H2,(H,19,20)(H,28,29,30). The monoisotopic (exact) mass is 583 g/mol. The fourth-order valence-corrected chi connectivity index (χ4v) is 6.83. The Kier molecular flexibility index (Phi) is 7.80. The van der Waals surface area contributed by atoms with Crippen molar-refractivity contribution in [2.24, 2.45) is 0 Å². The largest absolute Gasteiger partial charge is 0.412 e. The summed E-state index contributed by atoms with van der Waals surface area (Å²) < 4.78 is 86.0. The first-order valence-electron chi connectivity index (χ1n) is 9.10. The van der Waals surface area contributed by atoms with E-state index < -0.39 is 46.0 Å². The minimum atomic E-state index is -5.38. The first-order chi connectivity index (χ1) is 16.2. The van der Waals surface area contributed by atoms with E-state index in [2.05, 4.69) is 13.3 Å². The quantitative estimate of drug-likeness (QED) is 0.202. The maximum atomic E-state index is 12.5. The number of hydrogen-bond acceptors (Lipinski definition) is 11. The van der Waals surface area contributed by atoms with Gasteiger partial charge in [0.1, 0.15) is 0 Å². The van der Waals surface area contributed by atoms with Gasteiger partial charge in [-0.1, -0.05) is 11.6 Å². The first kappa shape index (κ1) is 26.9. The van der Waals surface area contributed by atoms with Crippen molar-refractivity contribution in [3.05, 3.63) is 74.2 Å². The molecule has 188 valence electrons. The number of aryl methyl sites for hydroxylation is 2. The number of sulfonamides is 1. The Morgan fingerprint density at radius 1 is 1.06 bits per heavy atom. The van der Waals surface area contributed by atoms with Gasteiger partial charge in [-0.15, -0.1) is 15.0 Å². The van der Waals surface area contributed by atoms with E-state index in [1.165, 1.54) is 29.6 Å². The van der Waals surface area contributed by atoms with Crippen molar-refractivity contribution < 1.29 is 38.4 Å². The summed E-state index contributed by atoms with van der Waals surface area (Å²) in [6, 6.07) is 7.93. The summed E-state index contributed by atoms with van der Waals surface area (Å²) in [5, 5.41) is 12.9. The van der Waals surface area contributed by atoms with E-state index in [0.717, 1.165) is 29.5 Å². The van der Waals surface area contributed by atoms with E-state index in [9.17, 15) is 35.4 Å². The van der Waals surface area contributed by atoms with Crippen LogP contribution in [0, 0.1) is 10.1 Å². The number of aromatic nitrogens is 1. The Hall–Kier alpha value is -2.67. The topological polar surface area (TPSA) is 200 Å². The Balaban J connectivity index is 1.82. The lowest BCUT2D eigenvalue weighted by atomic mass is 10.1. The van der Waals surface area contributed by atoms with E-state index in [1.807, 2.05) is 0 Å². The predicted octanol–water partition coefficient (Wildman–Crippen LogP) is 2.80. The number of anilines is 1. The highest BCUT2D eigenvalue weighted by molar-refractivity contribution is 7.97. The van der Waals surface area contributed by atoms with Crippen LogP contribution in [0.2, 0.25) is 5.02 Å². The van der Waals surface area contributed by atoms with E-state index in [-0.39, 0.29) is 28.4 Å². The highest BCUT2D eigenvalue weighted by atomic mass is 35.5. The van der Waals surface area contributed by atoms with Gasteiger partial charge >= 0.3 is 20.5 Å². The normalized spacial score (nSPS) is 12.4. The van der Waals surface area contributed by atoms with Gasteiger partial charge < -0.3 is 0 Å². The second-order valence-electron chi connectivity index (χ2n) is 6.70. The van der Waals surface area contributed by atoms with Crippen molar-refractivity contribution in [2.45, 2.75) is 22.6 Å². The second kappa shape index (κ2) is 10.1. The zero-order valence-electron chi connectivity index (χ0n) is 17.1. The number of hydrogen-bond donors (Lipinski definition) is 2. The molecule has 0 bridgehead atoms. The molecule has 1 heterocycles. The van der Waals surface area contributed by atoms with Crippen LogP contribution in [0.3, 0.4) is 0 Å². The minimum absolute atomic E-state index is 0.00522. The predicted molar refractivity (Wildman–Crippen MR) is 125 cm³/mol. The molecular formula is C17H14ClN3O10S4. The molecule has 0 unspecified atom stereocenters. The zero-order chi connectivity index (χ0) is 26.0. The van der Waals surface area contributed by atoms with Gasteiger partial charge in [-0.3, -0.25) is 19.4 Å². The lowest BCUT2D eigenvalue weighted by Gasteiger charge is -2.09. The Bertz CT molecular complexity index is 1580. The molecule has 0 atom stereocenters. The average Bonchev–Trinajstić information content (AvgIpc) is 3.17. The summed E-state index contributed by atoms with van der Waals surface area (Å²) in [6.07, 6.45) is -0.188. The molecule has 0 spiro atoms. The number of rotatable bonds is 10. The van der Waals surface area contributed by atoms with Gasteiger partial charge in [-0.05, 0) is 48.7 Å². The number of halogens is 1. The Morgan fingerprint density at radius 3 is 2.31 bits per heavy atom. The van der Waals surface area contributed by atoms with Crippen LogP contribution in [0.4, 0.5) is 10.8 Å². The van der Waals surface area contributed by atoms with Crippen molar-refractivity contribution in [1.29, 1.82) is 0 Å². The number of nitro benzene ring substituents is 1. The highest BCUT2D eigenvalue weighted by Gasteiger charge is 2.27. The minimum Gasteiger partial charge on any atom is -0.263 e. The summed E-state index contributed by atoms with van der Waals surface area (Å²) in [5.41, 5.74) is -0.339. The molecule has 0 saturated heterocycles. The molecule has 13 nitrogen and oxygen atoms in total. The van der Waals surface area contributed by atoms with Crippen LogP contribution in [-0.4, -0.2) is 39.7 Å². The molecule has 0 fully saturated rings. The Morgan fingerprint density at radius 2 is 1.71 bits per heavy atom. The van der Waals surface area contributed by atoms with Crippen LogP contribution in [0.5, 0.6) is 0 Å². The van der Waals surface area contributed by atoms with Gasteiger partial charge in [0.2, 0.25) is 0 Å². The van der Waals surface area contributed by atoms with Gasteiger partial charge in [0.05, 0.1) is 20.4 Å². The van der Waals surface area contributed by atoms with Gasteiger partial charge in [0.25, 0.3) is 15.7 Å². The Labute approximate surface area is 208 Å². The molecular weight excluding hydrogens is 570 g/mol. The van der Waals surface area contributed by atoms with Crippen LogP contribution >= 0.6 is 22.9 Å². The van der Waals surface area contributed by atoms with Crippen LogP contribution in [0.1, 0.15) is 11.3 Å². The van der Waals surface area contributed by atoms with Gasteiger partial charge in [-0.2, -0.15) is 16.8 Å². The first-order valence-corrected chi connectivity index (χ1v) is 14.6. The lowest BCUT2D eigenvalue weighted by molar-refractivity contribution is -0.385. The van der Waals surface area contributed by atoms with Gasteiger partial charge in [-0.25, -0.2) is 13.4 Å². The molecule has 35 heavy (non-hydrogen) atoms. The average molecular weight is 584 g/mol. The third-order valence-corrected chi connectivity index (χ3v) is 9.13. The zero-order valence-corrected chi connectivity index (χ0v) is 21.1. The molecule has 3 rings (SSSR count). The van der Waals surface area contributed by atoms with Crippen LogP contribution < -0.4 is 4.72 Å². The fraction of sp³-hybridized carbons (Fsp3) is 0.118. The van der Waals surface area contributed by atoms with E-state index >= 15 is 0 Å².